The van der Waals surface area contributed by atoms with E-state index in [1.165, 1.54) is 25.7 Å². The number of hydrogen-bond acceptors (Lipinski definition) is 2. The molecule has 4 nitrogen and oxygen atoms in total. The molecule has 0 aromatic rings. The molecule has 0 aromatic heterocycles. The third kappa shape index (κ3) is 5.62. The van der Waals surface area contributed by atoms with Gasteiger partial charge in [0.25, 0.3) is 0 Å². The highest BCUT2D eigenvalue weighted by Crippen LogP contribution is 2.31. The lowest BCUT2D eigenvalue weighted by Crippen LogP contribution is -2.35. The van der Waals surface area contributed by atoms with Gasteiger partial charge in [0.1, 0.15) is 0 Å². The monoisotopic (exact) mass is 269 g/mol. The number of carboxylic acids is 1. The normalized spacial score (nSPS) is 22.4. The Morgan fingerprint density at radius 2 is 1.68 bits per heavy atom. The fourth-order valence-corrected chi connectivity index (χ4v) is 2.82. The van der Waals surface area contributed by atoms with Crippen LogP contribution in [0.3, 0.4) is 0 Å². The van der Waals surface area contributed by atoms with Gasteiger partial charge >= 0.3 is 5.97 Å². The zero-order valence-electron chi connectivity index (χ0n) is 12.0. The van der Waals surface area contributed by atoms with Crippen molar-refractivity contribution in [2.75, 3.05) is 6.54 Å². The minimum absolute atomic E-state index is 0.0570. The van der Waals surface area contributed by atoms with Crippen LogP contribution in [0.25, 0.3) is 0 Å². The summed E-state index contributed by atoms with van der Waals surface area (Å²) in [6.07, 6.45) is 9.39. The lowest BCUT2D eigenvalue weighted by Gasteiger charge is -2.15. The fourth-order valence-electron chi connectivity index (χ4n) is 2.82. The Morgan fingerprint density at radius 3 is 2.37 bits per heavy atom. The molecule has 2 N–H and O–H groups in total. The van der Waals surface area contributed by atoms with Gasteiger partial charge in [0.15, 0.2) is 0 Å². The van der Waals surface area contributed by atoms with E-state index in [0.717, 1.165) is 25.7 Å². The standard InChI is InChI=1S/C15H27NO3/c1-2-3-4-5-6-7-11-16-14(17)12-9-8-10-13(12)15(18)19/h12-13H,2-11H2,1H3,(H,16,17)(H,18,19)/t12-,13+/m1/s1. The van der Waals surface area contributed by atoms with Crippen LogP contribution >= 0.6 is 0 Å². The maximum Gasteiger partial charge on any atom is 0.307 e. The van der Waals surface area contributed by atoms with Crippen LogP contribution in [0.4, 0.5) is 0 Å². The summed E-state index contributed by atoms with van der Waals surface area (Å²) in [5, 5.41) is 11.9. The number of rotatable bonds is 9. The first-order valence-electron chi connectivity index (χ1n) is 7.67. The Labute approximate surface area is 116 Å². The summed E-state index contributed by atoms with van der Waals surface area (Å²) in [6.45, 7) is 2.88. The second-order valence-electron chi connectivity index (χ2n) is 5.54. The number of carboxylic acid groups (broad SMARTS) is 1. The molecule has 1 aliphatic carbocycles. The molecule has 110 valence electrons. The van der Waals surface area contributed by atoms with E-state index in [9.17, 15) is 9.59 Å². The topological polar surface area (TPSA) is 66.4 Å². The Morgan fingerprint density at radius 1 is 1.05 bits per heavy atom. The Hall–Kier alpha value is -1.06. The summed E-state index contributed by atoms with van der Waals surface area (Å²) in [4.78, 5) is 22.9. The highest BCUT2D eigenvalue weighted by Gasteiger charge is 2.37. The molecule has 0 saturated heterocycles. The molecule has 0 aliphatic heterocycles. The highest BCUT2D eigenvalue weighted by atomic mass is 16.4. The number of hydrogen-bond donors (Lipinski definition) is 2. The van der Waals surface area contributed by atoms with Crippen LogP contribution in [0, 0.1) is 11.8 Å². The quantitative estimate of drug-likeness (QED) is 0.632. The summed E-state index contributed by atoms with van der Waals surface area (Å²) >= 11 is 0. The molecule has 0 unspecified atom stereocenters. The second-order valence-corrected chi connectivity index (χ2v) is 5.54. The van der Waals surface area contributed by atoms with E-state index in [4.69, 9.17) is 5.11 Å². The minimum atomic E-state index is -0.822. The number of unbranched alkanes of at least 4 members (excludes halogenated alkanes) is 5. The van der Waals surface area contributed by atoms with Gasteiger partial charge in [-0.15, -0.1) is 0 Å². The predicted octanol–water partition coefficient (Wildman–Crippen LogP) is 2.96. The van der Waals surface area contributed by atoms with Gasteiger partial charge in [-0.05, 0) is 19.3 Å². The van der Waals surface area contributed by atoms with Crippen molar-refractivity contribution >= 4 is 11.9 Å². The zero-order valence-corrected chi connectivity index (χ0v) is 12.0. The Bertz CT molecular complexity index is 291. The molecule has 0 spiro atoms. The Balaban J connectivity index is 2.12. The zero-order chi connectivity index (χ0) is 14.1. The predicted molar refractivity (Wildman–Crippen MR) is 74.9 cm³/mol. The first kappa shape index (κ1) is 16.0. The number of nitrogens with one attached hydrogen (secondary N) is 1. The number of carbonyl (C=O) groups excluding carboxylic acids is 1. The van der Waals surface area contributed by atoms with Crippen LogP contribution in [0.2, 0.25) is 0 Å². The molecule has 1 rings (SSSR count). The largest absolute Gasteiger partial charge is 0.481 e. The lowest BCUT2D eigenvalue weighted by atomic mass is 9.95. The maximum atomic E-state index is 11.9. The first-order chi connectivity index (χ1) is 9.16. The summed E-state index contributed by atoms with van der Waals surface area (Å²) in [5.41, 5.74) is 0. The van der Waals surface area contributed by atoms with Crippen LogP contribution in [0.5, 0.6) is 0 Å². The molecule has 0 radical (unpaired) electrons. The SMILES string of the molecule is CCCCCCCCNC(=O)[C@@H]1CCC[C@@H]1C(=O)O. The highest BCUT2D eigenvalue weighted by molar-refractivity contribution is 5.85. The lowest BCUT2D eigenvalue weighted by molar-refractivity contribution is -0.146. The molecule has 19 heavy (non-hydrogen) atoms. The van der Waals surface area contributed by atoms with Crippen LogP contribution in [0.1, 0.15) is 64.7 Å². The van der Waals surface area contributed by atoms with Crippen molar-refractivity contribution in [3.05, 3.63) is 0 Å². The molecule has 2 atom stereocenters. The van der Waals surface area contributed by atoms with Crippen LogP contribution in [0.15, 0.2) is 0 Å². The summed E-state index contributed by atoms with van der Waals surface area (Å²) < 4.78 is 0. The van der Waals surface area contributed by atoms with Crippen molar-refractivity contribution in [1.82, 2.24) is 5.32 Å². The van der Waals surface area contributed by atoms with Crippen molar-refractivity contribution in [3.63, 3.8) is 0 Å². The van der Waals surface area contributed by atoms with E-state index in [0.29, 0.717) is 13.0 Å². The maximum absolute atomic E-state index is 11.9. The summed E-state index contributed by atoms with van der Waals surface area (Å²) in [7, 11) is 0. The van der Waals surface area contributed by atoms with Gasteiger partial charge in [-0.25, -0.2) is 0 Å². The van der Waals surface area contributed by atoms with E-state index in [1.807, 2.05) is 0 Å². The van der Waals surface area contributed by atoms with E-state index in [2.05, 4.69) is 12.2 Å². The van der Waals surface area contributed by atoms with Gasteiger partial charge in [0.2, 0.25) is 5.91 Å². The minimum Gasteiger partial charge on any atom is -0.481 e. The van der Waals surface area contributed by atoms with Crippen molar-refractivity contribution < 1.29 is 14.7 Å². The van der Waals surface area contributed by atoms with Crippen LogP contribution in [-0.2, 0) is 9.59 Å². The van der Waals surface area contributed by atoms with Crippen LogP contribution in [-0.4, -0.2) is 23.5 Å². The first-order valence-corrected chi connectivity index (χ1v) is 7.67. The van der Waals surface area contributed by atoms with Gasteiger partial charge in [-0.2, -0.15) is 0 Å². The van der Waals surface area contributed by atoms with E-state index in [-0.39, 0.29) is 11.8 Å². The molecule has 4 heteroatoms. The number of aliphatic carboxylic acids is 1. The third-order valence-electron chi connectivity index (χ3n) is 4.00. The van der Waals surface area contributed by atoms with Crippen molar-refractivity contribution in [2.45, 2.75) is 64.7 Å². The van der Waals surface area contributed by atoms with E-state index in [1.54, 1.807) is 0 Å². The van der Waals surface area contributed by atoms with Gasteiger partial charge in [-0.1, -0.05) is 45.4 Å². The van der Waals surface area contributed by atoms with Crippen molar-refractivity contribution in [1.29, 1.82) is 0 Å². The second kappa shape index (κ2) is 8.94. The average molecular weight is 269 g/mol. The van der Waals surface area contributed by atoms with Gasteiger partial charge < -0.3 is 10.4 Å². The fraction of sp³-hybridized carbons (Fsp3) is 0.867. The molecule has 1 amide bonds. The molecular weight excluding hydrogens is 242 g/mol. The molecular formula is C15H27NO3. The summed E-state index contributed by atoms with van der Waals surface area (Å²) in [5.74, 6) is -1.65. The Kier molecular flexibility index (Phi) is 7.53. The van der Waals surface area contributed by atoms with Gasteiger partial charge in [0.05, 0.1) is 11.8 Å². The molecule has 0 aromatic carbocycles. The molecule has 0 bridgehead atoms. The third-order valence-corrected chi connectivity index (χ3v) is 4.00. The van der Waals surface area contributed by atoms with Crippen molar-refractivity contribution in [2.24, 2.45) is 11.8 Å². The molecule has 1 fully saturated rings. The summed E-state index contributed by atoms with van der Waals surface area (Å²) in [6, 6.07) is 0. The number of carbonyl (C=O) groups is 2. The average Bonchev–Trinajstić information content (AvgIpc) is 2.87. The molecule has 1 saturated carbocycles. The molecule has 1 aliphatic rings. The van der Waals surface area contributed by atoms with E-state index < -0.39 is 11.9 Å². The van der Waals surface area contributed by atoms with E-state index >= 15 is 0 Å². The number of amides is 1. The van der Waals surface area contributed by atoms with Gasteiger partial charge in [-0.3, -0.25) is 9.59 Å². The van der Waals surface area contributed by atoms with Gasteiger partial charge in [0, 0.05) is 6.54 Å². The molecule has 0 heterocycles. The van der Waals surface area contributed by atoms with Crippen molar-refractivity contribution in [3.8, 4) is 0 Å². The smallest absolute Gasteiger partial charge is 0.307 e. The van der Waals surface area contributed by atoms with Crippen LogP contribution < -0.4 is 5.32 Å².